The Morgan fingerprint density at radius 2 is 2.19 bits per heavy atom. The van der Waals surface area contributed by atoms with Crippen LogP contribution < -0.4 is 21.2 Å². The number of halogens is 1. The Kier molecular flexibility index (Phi) is 3.77. The second-order valence-corrected chi connectivity index (χ2v) is 5.96. The van der Waals surface area contributed by atoms with Crippen LogP contribution in [0.2, 0.25) is 0 Å². The molecule has 0 radical (unpaired) electrons. The molecule has 3 atom stereocenters. The number of aliphatic carboxylic acids is 1. The standard InChI is InChI=1S/C9H10IO6/c11-6(12)1-2-7(13)16-5-3-14-9-8(5)15-4-10-9/h1-2,5,8-9H,3-4H2,(H,11,12)/q-1/b2-1-. The maximum absolute atomic E-state index is 11.2. The van der Waals surface area contributed by atoms with Crippen LogP contribution in [0.25, 0.3) is 0 Å². The summed E-state index contributed by atoms with van der Waals surface area (Å²) in [7, 11) is 0. The molecule has 2 aliphatic rings. The van der Waals surface area contributed by atoms with E-state index in [0.717, 1.165) is 12.2 Å². The van der Waals surface area contributed by atoms with Crippen molar-refractivity contribution >= 4 is 11.9 Å². The molecule has 7 heteroatoms. The van der Waals surface area contributed by atoms with Gasteiger partial charge in [0.2, 0.25) is 0 Å². The number of ether oxygens (including phenoxy) is 3. The molecule has 2 aliphatic heterocycles. The molecular formula is C9H10IO6-. The van der Waals surface area contributed by atoms with Crippen LogP contribution in [-0.4, -0.2) is 44.6 Å². The van der Waals surface area contributed by atoms with Gasteiger partial charge in [-0.3, -0.25) is 0 Å². The molecular weight excluding hydrogens is 331 g/mol. The summed E-state index contributed by atoms with van der Waals surface area (Å²) in [6.07, 6.45) is 1.07. The zero-order chi connectivity index (χ0) is 11.5. The summed E-state index contributed by atoms with van der Waals surface area (Å²) < 4.78 is 16.7. The van der Waals surface area contributed by atoms with Gasteiger partial charge >= 0.3 is 102 Å². The van der Waals surface area contributed by atoms with Crippen molar-refractivity contribution in [1.29, 1.82) is 0 Å². The van der Waals surface area contributed by atoms with E-state index in [2.05, 4.69) is 0 Å². The molecule has 16 heavy (non-hydrogen) atoms. The van der Waals surface area contributed by atoms with Crippen molar-refractivity contribution in [2.24, 2.45) is 0 Å². The Bertz CT molecular complexity index is 328. The number of esters is 1. The minimum atomic E-state index is -1.18. The number of rotatable bonds is 3. The first-order chi connectivity index (χ1) is 7.66. The van der Waals surface area contributed by atoms with Gasteiger partial charge in [-0.05, 0) is 0 Å². The molecule has 0 aromatic heterocycles. The molecule has 2 fully saturated rings. The molecule has 0 aliphatic carbocycles. The summed E-state index contributed by atoms with van der Waals surface area (Å²) in [5, 5.41) is 8.33. The zero-order valence-electron chi connectivity index (χ0n) is 8.17. The van der Waals surface area contributed by atoms with E-state index in [1.165, 1.54) is 0 Å². The van der Waals surface area contributed by atoms with Gasteiger partial charge in [-0.25, -0.2) is 0 Å². The number of carboxylic acid groups (broad SMARTS) is 1. The second-order valence-electron chi connectivity index (χ2n) is 3.23. The number of carboxylic acids is 1. The van der Waals surface area contributed by atoms with Gasteiger partial charge in [0.25, 0.3) is 0 Å². The second kappa shape index (κ2) is 5.11. The third-order valence-corrected chi connectivity index (χ3v) is 4.80. The first-order valence-electron chi connectivity index (χ1n) is 4.59. The normalized spacial score (nSPS) is 33.4. The van der Waals surface area contributed by atoms with Crippen LogP contribution in [0.4, 0.5) is 0 Å². The van der Waals surface area contributed by atoms with Crippen molar-refractivity contribution in [2.75, 3.05) is 11.2 Å². The van der Waals surface area contributed by atoms with E-state index >= 15 is 0 Å². The molecule has 0 aromatic carbocycles. The topological polar surface area (TPSA) is 82.1 Å². The Hall–Kier alpha value is -0.670. The predicted octanol–water partition coefficient (Wildman–Crippen LogP) is -3.66. The average Bonchev–Trinajstić information content (AvgIpc) is 2.80. The van der Waals surface area contributed by atoms with E-state index in [1.807, 2.05) is 0 Å². The molecule has 0 bridgehead atoms. The summed E-state index contributed by atoms with van der Waals surface area (Å²) >= 11 is -0.121. The maximum atomic E-state index is 11.2. The molecule has 2 saturated heterocycles. The van der Waals surface area contributed by atoms with Crippen LogP contribution in [0.3, 0.4) is 0 Å². The van der Waals surface area contributed by atoms with Crippen LogP contribution in [-0.2, 0) is 23.8 Å². The number of fused-ring (bicyclic) bond motifs is 1. The van der Waals surface area contributed by atoms with Crippen molar-refractivity contribution < 1.29 is 50.1 Å². The van der Waals surface area contributed by atoms with Gasteiger partial charge in [-0.15, -0.1) is 0 Å². The monoisotopic (exact) mass is 341 g/mol. The van der Waals surface area contributed by atoms with E-state index in [9.17, 15) is 9.59 Å². The summed E-state index contributed by atoms with van der Waals surface area (Å²) in [5.74, 6) is -1.86. The molecule has 0 saturated carbocycles. The molecule has 3 unspecified atom stereocenters. The first-order valence-corrected chi connectivity index (χ1v) is 7.36. The summed E-state index contributed by atoms with van der Waals surface area (Å²) in [4.78, 5) is 21.4. The third kappa shape index (κ3) is 2.71. The van der Waals surface area contributed by atoms with Gasteiger partial charge < -0.3 is 0 Å². The van der Waals surface area contributed by atoms with Gasteiger partial charge in [0.1, 0.15) is 0 Å². The molecule has 1 N–H and O–H groups in total. The van der Waals surface area contributed by atoms with Crippen LogP contribution >= 0.6 is 0 Å². The fraction of sp³-hybridized carbons (Fsp3) is 0.556. The molecule has 90 valence electrons. The number of hydrogen-bond acceptors (Lipinski definition) is 5. The van der Waals surface area contributed by atoms with E-state index in [1.54, 1.807) is 0 Å². The Labute approximate surface area is 102 Å². The van der Waals surface area contributed by atoms with Gasteiger partial charge in [0.15, 0.2) is 0 Å². The van der Waals surface area contributed by atoms with Crippen molar-refractivity contribution in [3.63, 3.8) is 0 Å². The SMILES string of the molecule is O=C(O)/C=C\C(=O)OC1COC2[I-]COC12. The van der Waals surface area contributed by atoms with Gasteiger partial charge in [0.05, 0.1) is 0 Å². The molecule has 2 rings (SSSR count). The van der Waals surface area contributed by atoms with Crippen molar-refractivity contribution in [3.8, 4) is 0 Å². The molecule has 0 amide bonds. The molecule has 0 spiro atoms. The van der Waals surface area contributed by atoms with Gasteiger partial charge in [-0.1, -0.05) is 0 Å². The Balaban J connectivity index is 1.85. The fourth-order valence-corrected chi connectivity index (χ4v) is 4.07. The summed E-state index contributed by atoms with van der Waals surface area (Å²) in [6, 6.07) is 0. The molecule has 0 aromatic rings. The van der Waals surface area contributed by atoms with E-state index in [4.69, 9.17) is 19.3 Å². The zero-order valence-corrected chi connectivity index (χ0v) is 10.3. The number of carbonyl (C=O) groups is 2. The number of carbonyl (C=O) groups excluding carboxylic acids is 1. The van der Waals surface area contributed by atoms with Crippen molar-refractivity contribution in [3.05, 3.63) is 12.2 Å². The molecule has 6 nitrogen and oxygen atoms in total. The molecule has 2 heterocycles. The van der Waals surface area contributed by atoms with Gasteiger partial charge in [0, 0.05) is 0 Å². The Morgan fingerprint density at radius 3 is 2.94 bits per heavy atom. The van der Waals surface area contributed by atoms with E-state index < -0.39 is 18.0 Å². The Morgan fingerprint density at radius 1 is 1.38 bits per heavy atom. The predicted molar refractivity (Wildman–Crippen MR) is 46.1 cm³/mol. The quantitative estimate of drug-likeness (QED) is 0.247. The van der Waals surface area contributed by atoms with Crippen LogP contribution in [0.1, 0.15) is 0 Å². The van der Waals surface area contributed by atoms with Crippen LogP contribution in [0.5, 0.6) is 0 Å². The van der Waals surface area contributed by atoms with Crippen LogP contribution in [0.15, 0.2) is 12.2 Å². The first kappa shape index (κ1) is 11.8. The minimum absolute atomic E-state index is 0.111. The van der Waals surface area contributed by atoms with Crippen molar-refractivity contribution in [2.45, 2.75) is 16.3 Å². The van der Waals surface area contributed by atoms with Crippen LogP contribution in [0, 0.1) is 0 Å². The van der Waals surface area contributed by atoms with Gasteiger partial charge in [-0.2, -0.15) is 0 Å². The summed E-state index contributed by atoms with van der Waals surface area (Å²) in [6.45, 7) is 0.335. The van der Waals surface area contributed by atoms with E-state index in [0.29, 0.717) is 11.2 Å². The third-order valence-electron chi connectivity index (χ3n) is 2.14. The van der Waals surface area contributed by atoms with Crippen molar-refractivity contribution in [1.82, 2.24) is 0 Å². The summed E-state index contributed by atoms with van der Waals surface area (Å²) in [5.41, 5.74) is 0. The average molecular weight is 341 g/mol. The number of alkyl halides is 2. The fourth-order valence-electron chi connectivity index (χ4n) is 1.46. The van der Waals surface area contributed by atoms with E-state index in [-0.39, 0.29) is 31.4 Å². The number of hydrogen-bond donors (Lipinski definition) is 1.